The summed E-state index contributed by atoms with van der Waals surface area (Å²) in [7, 11) is 0. The summed E-state index contributed by atoms with van der Waals surface area (Å²) in [4.78, 5) is 12.2. The van der Waals surface area contributed by atoms with Crippen LogP contribution < -0.4 is 10.6 Å². The standard InChI is InChI=1S/C16H17N5O2S/c1-9(15-10(2)20-23-11(15)3)17-16(22)18-13-6-4-12(5-7-13)14-8-24-21-19-14/h4-9H,1-3H3,(H2,17,18,22)/t9-/m0/s1. The van der Waals surface area contributed by atoms with Crippen LogP contribution in [0.2, 0.25) is 0 Å². The summed E-state index contributed by atoms with van der Waals surface area (Å²) in [5, 5.41) is 15.5. The van der Waals surface area contributed by atoms with Gasteiger partial charge in [-0.1, -0.05) is 21.8 Å². The summed E-state index contributed by atoms with van der Waals surface area (Å²) < 4.78 is 8.97. The van der Waals surface area contributed by atoms with Gasteiger partial charge in [-0.25, -0.2) is 4.79 Å². The Morgan fingerprint density at radius 2 is 2.00 bits per heavy atom. The third kappa shape index (κ3) is 3.43. The van der Waals surface area contributed by atoms with Crippen LogP contribution in [0.3, 0.4) is 0 Å². The first-order valence-corrected chi connectivity index (χ1v) is 8.26. The van der Waals surface area contributed by atoms with Gasteiger partial charge >= 0.3 is 6.03 Å². The SMILES string of the molecule is Cc1noc(C)c1[C@H](C)NC(=O)Nc1ccc(-c2csnn2)cc1. The number of carbonyl (C=O) groups excluding carboxylic acids is 1. The number of hydrogen-bond acceptors (Lipinski definition) is 6. The fraction of sp³-hybridized carbons (Fsp3) is 0.250. The lowest BCUT2D eigenvalue weighted by Crippen LogP contribution is -2.31. The van der Waals surface area contributed by atoms with Gasteiger partial charge in [-0.2, -0.15) is 0 Å². The van der Waals surface area contributed by atoms with Crippen molar-refractivity contribution in [3.05, 3.63) is 46.7 Å². The zero-order chi connectivity index (χ0) is 17.1. The number of carbonyl (C=O) groups is 1. The summed E-state index contributed by atoms with van der Waals surface area (Å²) in [6.07, 6.45) is 0. The van der Waals surface area contributed by atoms with E-state index < -0.39 is 0 Å². The number of benzene rings is 1. The van der Waals surface area contributed by atoms with Gasteiger partial charge in [0.15, 0.2) is 0 Å². The zero-order valence-corrected chi connectivity index (χ0v) is 14.3. The minimum absolute atomic E-state index is 0.198. The van der Waals surface area contributed by atoms with Crippen molar-refractivity contribution in [3.63, 3.8) is 0 Å². The molecular weight excluding hydrogens is 326 g/mol. The molecule has 7 nitrogen and oxygen atoms in total. The minimum atomic E-state index is -0.287. The maximum Gasteiger partial charge on any atom is 0.319 e. The molecule has 2 aromatic heterocycles. The fourth-order valence-electron chi connectivity index (χ4n) is 2.56. The predicted octanol–water partition coefficient (Wildman–Crippen LogP) is 3.69. The number of hydrogen-bond donors (Lipinski definition) is 2. The van der Waals surface area contributed by atoms with Crippen molar-refractivity contribution >= 4 is 23.3 Å². The highest BCUT2D eigenvalue weighted by atomic mass is 32.1. The van der Waals surface area contributed by atoms with Gasteiger partial charge in [0.2, 0.25) is 0 Å². The van der Waals surface area contributed by atoms with Gasteiger partial charge in [0.1, 0.15) is 11.5 Å². The van der Waals surface area contributed by atoms with Gasteiger partial charge in [0, 0.05) is 22.2 Å². The van der Waals surface area contributed by atoms with E-state index in [1.54, 1.807) is 0 Å². The Morgan fingerprint density at radius 1 is 1.25 bits per heavy atom. The molecule has 1 atom stereocenters. The molecule has 0 aliphatic rings. The maximum atomic E-state index is 12.2. The van der Waals surface area contributed by atoms with E-state index in [0.29, 0.717) is 11.4 Å². The Balaban J connectivity index is 1.63. The summed E-state index contributed by atoms with van der Waals surface area (Å²) in [5.41, 5.74) is 4.16. The number of aromatic nitrogens is 3. The Labute approximate surface area is 143 Å². The number of nitrogens with zero attached hydrogens (tertiary/aromatic N) is 3. The molecule has 2 amide bonds. The smallest absolute Gasteiger partial charge is 0.319 e. The first kappa shape index (κ1) is 16.1. The monoisotopic (exact) mass is 343 g/mol. The molecule has 3 aromatic rings. The molecule has 0 fully saturated rings. The highest BCUT2D eigenvalue weighted by Gasteiger charge is 2.18. The maximum absolute atomic E-state index is 12.2. The average Bonchev–Trinajstić information content (AvgIpc) is 3.18. The molecule has 24 heavy (non-hydrogen) atoms. The van der Waals surface area contributed by atoms with E-state index >= 15 is 0 Å². The molecule has 8 heteroatoms. The van der Waals surface area contributed by atoms with Crippen LogP contribution in [0.4, 0.5) is 10.5 Å². The topological polar surface area (TPSA) is 92.9 Å². The van der Waals surface area contributed by atoms with Crippen molar-refractivity contribution < 1.29 is 9.32 Å². The Hall–Kier alpha value is -2.74. The quantitative estimate of drug-likeness (QED) is 0.753. The molecule has 2 N–H and O–H groups in total. The lowest BCUT2D eigenvalue weighted by molar-refractivity contribution is 0.249. The zero-order valence-electron chi connectivity index (χ0n) is 13.5. The second kappa shape index (κ2) is 6.79. The van der Waals surface area contributed by atoms with Crippen molar-refractivity contribution in [1.82, 2.24) is 20.1 Å². The molecule has 0 spiro atoms. The van der Waals surface area contributed by atoms with Crippen molar-refractivity contribution in [2.75, 3.05) is 5.32 Å². The van der Waals surface area contributed by atoms with Gasteiger partial charge in [-0.3, -0.25) is 0 Å². The number of urea groups is 1. The Kier molecular flexibility index (Phi) is 4.57. The molecular formula is C16H17N5O2S. The molecule has 0 radical (unpaired) electrons. The number of amides is 2. The molecule has 2 heterocycles. The van der Waals surface area contributed by atoms with Crippen LogP contribution in [0.25, 0.3) is 11.3 Å². The molecule has 0 aliphatic heterocycles. The first-order valence-electron chi connectivity index (χ1n) is 7.42. The van der Waals surface area contributed by atoms with Crippen LogP contribution in [0, 0.1) is 13.8 Å². The van der Waals surface area contributed by atoms with E-state index in [-0.39, 0.29) is 12.1 Å². The van der Waals surface area contributed by atoms with Crippen LogP contribution in [-0.4, -0.2) is 20.8 Å². The van der Waals surface area contributed by atoms with Crippen LogP contribution in [0.15, 0.2) is 34.2 Å². The highest BCUT2D eigenvalue weighted by Crippen LogP contribution is 2.22. The van der Waals surface area contributed by atoms with Crippen molar-refractivity contribution in [2.24, 2.45) is 0 Å². The van der Waals surface area contributed by atoms with Gasteiger partial charge < -0.3 is 15.2 Å². The number of rotatable bonds is 4. The van der Waals surface area contributed by atoms with Gasteiger partial charge in [-0.05, 0) is 44.4 Å². The highest BCUT2D eigenvalue weighted by molar-refractivity contribution is 7.03. The van der Waals surface area contributed by atoms with Crippen LogP contribution in [0.5, 0.6) is 0 Å². The number of anilines is 1. The first-order chi connectivity index (χ1) is 11.5. The van der Waals surface area contributed by atoms with Crippen molar-refractivity contribution in [2.45, 2.75) is 26.8 Å². The summed E-state index contributed by atoms with van der Waals surface area (Å²) >= 11 is 1.30. The number of aryl methyl sites for hydroxylation is 2. The van der Waals surface area contributed by atoms with Gasteiger partial charge in [-0.15, -0.1) is 5.10 Å². The molecule has 0 unspecified atom stereocenters. The van der Waals surface area contributed by atoms with Gasteiger partial charge in [0.05, 0.1) is 11.7 Å². The molecule has 1 aromatic carbocycles. The Morgan fingerprint density at radius 3 is 2.58 bits per heavy atom. The van der Waals surface area contributed by atoms with E-state index in [1.807, 2.05) is 50.4 Å². The van der Waals surface area contributed by atoms with E-state index in [1.165, 1.54) is 11.5 Å². The normalized spacial score (nSPS) is 12.0. The predicted molar refractivity (Wildman–Crippen MR) is 91.9 cm³/mol. The molecule has 124 valence electrons. The van der Waals surface area contributed by atoms with E-state index in [0.717, 1.165) is 22.5 Å². The van der Waals surface area contributed by atoms with E-state index in [9.17, 15) is 4.79 Å². The molecule has 3 rings (SSSR count). The molecule has 0 saturated heterocycles. The summed E-state index contributed by atoms with van der Waals surface area (Å²) in [6, 6.07) is 6.96. The summed E-state index contributed by atoms with van der Waals surface area (Å²) in [6.45, 7) is 5.58. The van der Waals surface area contributed by atoms with Crippen LogP contribution in [0.1, 0.15) is 30.0 Å². The fourth-order valence-corrected chi connectivity index (χ4v) is 3.02. The lowest BCUT2D eigenvalue weighted by Gasteiger charge is -2.14. The van der Waals surface area contributed by atoms with Crippen LogP contribution >= 0.6 is 11.5 Å². The molecule has 0 aliphatic carbocycles. The minimum Gasteiger partial charge on any atom is -0.361 e. The average molecular weight is 343 g/mol. The van der Waals surface area contributed by atoms with Crippen LogP contribution in [-0.2, 0) is 0 Å². The second-order valence-corrected chi connectivity index (χ2v) is 6.04. The van der Waals surface area contributed by atoms with E-state index in [4.69, 9.17) is 4.52 Å². The van der Waals surface area contributed by atoms with Crippen molar-refractivity contribution in [3.8, 4) is 11.3 Å². The summed E-state index contributed by atoms with van der Waals surface area (Å²) in [5.74, 6) is 0.710. The third-order valence-corrected chi connectivity index (χ3v) is 4.17. The molecule has 0 saturated carbocycles. The third-order valence-electron chi connectivity index (χ3n) is 3.67. The lowest BCUT2D eigenvalue weighted by atomic mass is 10.1. The Bertz CT molecular complexity index is 807. The molecule has 0 bridgehead atoms. The number of nitrogens with one attached hydrogen (secondary N) is 2. The largest absolute Gasteiger partial charge is 0.361 e. The van der Waals surface area contributed by atoms with Gasteiger partial charge in [0.25, 0.3) is 0 Å². The van der Waals surface area contributed by atoms with E-state index in [2.05, 4.69) is 25.4 Å². The second-order valence-electron chi connectivity index (χ2n) is 5.43. The van der Waals surface area contributed by atoms with Crippen molar-refractivity contribution in [1.29, 1.82) is 0 Å².